The Morgan fingerprint density at radius 3 is 2.87 bits per heavy atom. The summed E-state index contributed by atoms with van der Waals surface area (Å²) in [5, 5.41) is 10.9. The molecule has 1 amide bonds. The van der Waals surface area contributed by atoms with Crippen LogP contribution < -0.4 is 10.6 Å². The smallest absolute Gasteiger partial charge is 0.242 e. The van der Waals surface area contributed by atoms with Gasteiger partial charge < -0.3 is 10.6 Å². The molecule has 0 unspecified atom stereocenters. The lowest BCUT2D eigenvalue weighted by Gasteiger charge is -2.36. The van der Waals surface area contributed by atoms with Crippen molar-refractivity contribution in [2.45, 2.75) is 31.3 Å². The summed E-state index contributed by atoms with van der Waals surface area (Å²) in [4.78, 5) is 16.8. The molecule has 3 heterocycles. The van der Waals surface area contributed by atoms with Crippen molar-refractivity contribution in [2.75, 3.05) is 13.1 Å². The van der Waals surface area contributed by atoms with Gasteiger partial charge in [-0.25, -0.2) is 14.1 Å². The van der Waals surface area contributed by atoms with Gasteiger partial charge in [0.05, 0.1) is 0 Å². The molecule has 1 spiro atoms. The molecule has 1 saturated heterocycles. The number of carbonyl (C=O) groups excluding carboxylic acids is 1. The fraction of sp³-hybridized carbons (Fsp3) is 0.438. The molecule has 2 aromatic rings. The number of nitrogens with one attached hydrogen (secondary N) is 2. The molecule has 7 heteroatoms. The van der Waals surface area contributed by atoms with Gasteiger partial charge in [-0.15, -0.1) is 0 Å². The van der Waals surface area contributed by atoms with Gasteiger partial charge in [0.25, 0.3) is 0 Å². The maximum Gasteiger partial charge on any atom is 0.242 e. The monoisotopic (exact) mass is 315 g/mol. The highest BCUT2D eigenvalue weighted by Gasteiger charge is 2.38. The molecule has 1 aromatic heterocycles. The van der Waals surface area contributed by atoms with E-state index in [0.717, 1.165) is 31.8 Å². The van der Waals surface area contributed by atoms with E-state index < -0.39 is 0 Å². The lowest BCUT2D eigenvalue weighted by molar-refractivity contribution is -0.123. The predicted octanol–water partition coefficient (Wildman–Crippen LogP) is 0.879. The normalized spacial score (nSPS) is 20.0. The number of carbonyl (C=O) groups is 1. The zero-order chi connectivity index (χ0) is 15.9. The Bertz CT molecular complexity index is 751. The largest absolute Gasteiger partial charge is 0.349 e. The lowest BCUT2D eigenvalue weighted by Crippen LogP contribution is -2.55. The summed E-state index contributed by atoms with van der Waals surface area (Å²) in [6, 6.07) is 6.22. The van der Waals surface area contributed by atoms with E-state index in [0.29, 0.717) is 17.8 Å². The van der Waals surface area contributed by atoms with Crippen LogP contribution in [-0.2, 0) is 17.8 Å². The Morgan fingerprint density at radius 1 is 1.26 bits per heavy atom. The molecule has 0 saturated carbocycles. The highest BCUT2D eigenvalue weighted by atomic mass is 19.1. The standard InChI is InChI=1S/C16H18FN5O/c17-12-3-1-2-11(8-12)15-19-13-9-16(4-6-18-7-5-16)20-14(23)10-22(13)21-15/h1-3,8,18H,4-7,9-10H2,(H,20,23). The van der Waals surface area contributed by atoms with Crippen molar-refractivity contribution in [3.8, 4) is 11.4 Å². The topological polar surface area (TPSA) is 71.8 Å². The number of nitrogens with zero attached hydrogens (tertiary/aromatic N) is 3. The molecule has 120 valence electrons. The lowest BCUT2D eigenvalue weighted by atomic mass is 9.85. The molecule has 0 atom stereocenters. The molecule has 6 nitrogen and oxygen atoms in total. The Morgan fingerprint density at radius 2 is 2.09 bits per heavy atom. The predicted molar refractivity (Wildman–Crippen MR) is 82.1 cm³/mol. The summed E-state index contributed by atoms with van der Waals surface area (Å²) in [5.41, 5.74) is 0.383. The summed E-state index contributed by atoms with van der Waals surface area (Å²) < 4.78 is 15.1. The van der Waals surface area contributed by atoms with Gasteiger partial charge in [-0.1, -0.05) is 12.1 Å². The molecule has 23 heavy (non-hydrogen) atoms. The molecule has 4 rings (SSSR count). The van der Waals surface area contributed by atoms with Crippen LogP contribution in [0.5, 0.6) is 0 Å². The minimum Gasteiger partial charge on any atom is -0.349 e. The van der Waals surface area contributed by atoms with Gasteiger partial charge in [0.2, 0.25) is 5.91 Å². The number of fused-ring (bicyclic) bond motifs is 1. The van der Waals surface area contributed by atoms with E-state index >= 15 is 0 Å². The first-order valence-electron chi connectivity index (χ1n) is 7.85. The van der Waals surface area contributed by atoms with Gasteiger partial charge in [-0.2, -0.15) is 5.10 Å². The van der Waals surface area contributed by atoms with Crippen molar-refractivity contribution in [1.82, 2.24) is 25.4 Å². The SMILES string of the molecule is O=C1Cn2nc(-c3cccc(F)c3)nc2CC2(CCNCC2)N1. The third-order valence-electron chi connectivity index (χ3n) is 4.59. The number of halogens is 1. The first-order valence-corrected chi connectivity index (χ1v) is 7.85. The fourth-order valence-electron chi connectivity index (χ4n) is 3.41. The second-order valence-electron chi connectivity index (χ2n) is 6.27. The average molecular weight is 315 g/mol. The van der Waals surface area contributed by atoms with Crippen LogP contribution in [-0.4, -0.2) is 39.3 Å². The summed E-state index contributed by atoms with van der Waals surface area (Å²) >= 11 is 0. The van der Waals surface area contributed by atoms with Crippen LogP contribution in [0, 0.1) is 5.82 Å². The summed E-state index contributed by atoms with van der Waals surface area (Å²) in [7, 11) is 0. The molecular weight excluding hydrogens is 297 g/mol. The molecule has 2 aliphatic rings. The number of hydrogen-bond acceptors (Lipinski definition) is 4. The highest BCUT2D eigenvalue weighted by Crippen LogP contribution is 2.26. The van der Waals surface area contributed by atoms with Crippen molar-refractivity contribution in [3.63, 3.8) is 0 Å². The summed E-state index contributed by atoms with van der Waals surface area (Å²) in [6.07, 6.45) is 2.41. The quantitative estimate of drug-likeness (QED) is 0.819. The summed E-state index contributed by atoms with van der Waals surface area (Å²) in [6.45, 7) is 1.92. The van der Waals surface area contributed by atoms with Crippen molar-refractivity contribution in [1.29, 1.82) is 0 Å². The molecule has 1 aromatic carbocycles. The van der Waals surface area contributed by atoms with E-state index in [4.69, 9.17) is 0 Å². The minimum absolute atomic E-state index is 0.0404. The number of benzene rings is 1. The van der Waals surface area contributed by atoms with Crippen LogP contribution in [0.4, 0.5) is 4.39 Å². The fourth-order valence-corrected chi connectivity index (χ4v) is 3.41. The van der Waals surface area contributed by atoms with Crippen LogP contribution >= 0.6 is 0 Å². The maximum absolute atomic E-state index is 13.4. The zero-order valence-corrected chi connectivity index (χ0v) is 12.7. The number of rotatable bonds is 1. The third kappa shape index (κ3) is 2.72. The van der Waals surface area contributed by atoms with E-state index in [2.05, 4.69) is 20.7 Å². The zero-order valence-electron chi connectivity index (χ0n) is 12.7. The van der Waals surface area contributed by atoms with Crippen LogP contribution in [0.15, 0.2) is 24.3 Å². The van der Waals surface area contributed by atoms with E-state index in [9.17, 15) is 9.18 Å². The van der Waals surface area contributed by atoms with Crippen molar-refractivity contribution in [3.05, 3.63) is 35.9 Å². The molecular formula is C16H18FN5O. The first-order chi connectivity index (χ1) is 11.1. The van der Waals surface area contributed by atoms with Crippen molar-refractivity contribution >= 4 is 5.91 Å². The Balaban J connectivity index is 1.71. The number of piperidine rings is 1. The van der Waals surface area contributed by atoms with E-state index in [1.54, 1.807) is 16.8 Å². The van der Waals surface area contributed by atoms with E-state index in [1.807, 2.05) is 0 Å². The van der Waals surface area contributed by atoms with Crippen molar-refractivity contribution < 1.29 is 9.18 Å². The molecule has 2 aliphatic heterocycles. The van der Waals surface area contributed by atoms with Crippen LogP contribution in [0.3, 0.4) is 0 Å². The second kappa shape index (κ2) is 5.42. The van der Waals surface area contributed by atoms with Crippen LogP contribution in [0.25, 0.3) is 11.4 Å². The third-order valence-corrected chi connectivity index (χ3v) is 4.59. The Hall–Kier alpha value is -2.28. The molecule has 0 radical (unpaired) electrons. The molecule has 0 bridgehead atoms. The van der Waals surface area contributed by atoms with Crippen molar-refractivity contribution in [2.24, 2.45) is 0 Å². The summed E-state index contributed by atoms with van der Waals surface area (Å²) in [5.74, 6) is 0.893. The minimum atomic E-state index is -0.319. The van der Waals surface area contributed by atoms with Gasteiger partial charge in [-0.05, 0) is 38.1 Å². The second-order valence-corrected chi connectivity index (χ2v) is 6.27. The number of hydrogen-bond donors (Lipinski definition) is 2. The Labute approximate surface area is 133 Å². The number of aromatic nitrogens is 3. The van der Waals surface area contributed by atoms with Gasteiger partial charge in [0.1, 0.15) is 18.2 Å². The van der Waals surface area contributed by atoms with E-state index in [1.165, 1.54) is 12.1 Å². The maximum atomic E-state index is 13.4. The van der Waals surface area contributed by atoms with Gasteiger partial charge in [-0.3, -0.25) is 4.79 Å². The first kappa shape index (κ1) is 14.3. The van der Waals surface area contributed by atoms with Crippen LogP contribution in [0.2, 0.25) is 0 Å². The van der Waals surface area contributed by atoms with Crippen LogP contribution in [0.1, 0.15) is 18.7 Å². The molecule has 2 N–H and O–H groups in total. The van der Waals surface area contributed by atoms with E-state index in [-0.39, 0.29) is 23.8 Å². The van der Waals surface area contributed by atoms with Gasteiger partial charge in [0.15, 0.2) is 5.82 Å². The van der Waals surface area contributed by atoms with Gasteiger partial charge in [0, 0.05) is 17.5 Å². The molecule has 0 aliphatic carbocycles. The molecule has 1 fully saturated rings. The average Bonchev–Trinajstić information content (AvgIpc) is 2.85. The number of amides is 1. The highest BCUT2D eigenvalue weighted by molar-refractivity contribution is 5.77. The van der Waals surface area contributed by atoms with Gasteiger partial charge >= 0.3 is 0 Å². The Kier molecular flexibility index (Phi) is 3.37.